The second kappa shape index (κ2) is 6.03. The molecule has 1 aliphatic carbocycles. The van der Waals surface area contributed by atoms with Crippen LogP contribution in [0.25, 0.3) is 0 Å². The van der Waals surface area contributed by atoms with Crippen molar-refractivity contribution >= 4 is 24.8 Å². The lowest BCUT2D eigenvalue weighted by molar-refractivity contribution is 0.388. The summed E-state index contributed by atoms with van der Waals surface area (Å²) in [6.07, 6.45) is 5.56. The van der Waals surface area contributed by atoms with Crippen LogP contribution in [0.5, 0.6) is 0 Å². The lowest BCUT2D eigenvalue weighted by Gasteiger charge is -2.23. The molecule has 2 N–H and O–H groups in total. The molecule has 2 fully saturated rings. The number of rotatable bonds is 2. The van der Waals surface area contributed by atoms with Crippen LogP contribution in [-0.4, -0.2) is 25.2 Å². The van der Waals surface area contributed by atoms with Gasteiger partial charge in [0.1, 0.15) is 0 Å². The van der Waals surface area contributed by atoms with Crippen LogP contribution in [0.1, 0.15) is 25.7 Å². The summed E-state index contributed by atoms with van der Waals surface area (Å²) in [6.45, 7) is 2.42. The second-order valence-corrected chi connectivity index (χ2v) is 3.48. The Balaban J connectivity index is 0.000000605. The predicted octanol–water partition coefficient (Wildman–Crippen LogP) is 1.33. The zero-order valence-corrected chi connectivity index (χ0v) is 8.85. The Morgan fingerprint density at radius 3 is 2.25 bits per heavy atom. The molecule has 0 spiro atoms. The molecular weight excluding hydrogens is 195 g/mol. The summed E-state index contributed by atoms with van der Waals surface area (Å²) in [5.41, 5.74) is 0. The van der Waals surface area contributed by atoms with Crippen molar-refractivity contribution in [3.63, 3.8) is 0 Å². The molecule has 2 aliphatic rings. The van der Waals surface area contributed by atoms with Crippen LogP contribution < -0.4 is 10.6 Å². The van der Waals surface area contributed by atoms with Crippen molar-refractivity contribution in [2.24, 2.45) is 0 Å². The Morgan fingerprint density at radius 2 is 1.75 bits per heavy atom. The maximum atomic E-state index is 3.63. The van der Waals surface area contributed by atoms with Crippen molar-refractivity contribution in [1.82, 2.24) is 10.6 Å². The van der Waals surface area contributed by atoms with Gasteiger partial charge in [0.25, 0.3) is 0 Å². The molecule has 1 aliphatic heterocycles. The third-order valence-electron chi connectivity index (χ3n) is 2.35. The lowest BCUT2D eigenvalue weighted by atomic mass is 10.1. The molecule has 2 rings (SSSR count). The van der Waals surface area contributed by atoms with Gasteiger partial charge in [0, 0.05) is 18.6 Å². The lowest BCUT2D eigenvalue weighted by Crippen LogP contribution is -2.43. The van der Waals surface area contributed by atoms with Gasteiger partial charge in [-0.25, -0.2) is 0 Å². The summed E-state index contributed by atoms with van der Waals surface area (Å²) < 4.78 is 0. The molecule has 4 heteroatoms. The van der Waals surface area contributed by atoms with E-state index in [0.717, 1.165) is 12.1 Å². The van der Waals surface area contributed by atoms with Crippen LogP contribution in [0.4, 0.5) is 0 Å². The summed E-state index contributed by atoms with van der Waals surface area (Å²) in [5.74, 6) is 0. The monoisotopic (exact) mass is 212 g/mol. The Labute approximate surface area is 86.7 Å². The van der Waals surface area contributed by atoms with Crippen molar-refractivity contribution in [3.05, 3.63) is 0 Å². The molecule has 0 aromatic rings. The smallest absolute Gasteiger partial charge is 0.0195 e. The van der Waals surface area contributed by atoms with Crippen molar-refractivity contribution in [1.29, 1.82) is 0 Å². The average Bonchev–Trinajstić information content (AvgIpc) is 2.74. The van der Waals surface area contributed by atoms with Crippen molar-refractivity contribution in [3.8, 4) is 0 Å². The fourth-order valence-corrected chi connectivity index (χ4v) is 1.58. The molecule has 2 nitrogen and oxygen atoms in total. The molecule has 0 aromatic heterocycles. The molecule has 1 saturated carbocycles. The van der Waals surface area contributed by atoms with Crippen LogP contribution in [-0.2, 0) is 0 Å². The van der Waals surface area contributed by atoms with E-state index in [1.807, 2.05) is 0 Å². The zero-order valence-electron chi connectivity index (χ0n) is 7.21. The third kappa shape index (κ3) is 3.94. The SMILES string of the molecule is C1CNCC(NC2CC2)C1.Cl.Cl. The Bertz CT molecular complexity index is 112. The number of nitrogens with one attached hydrogen (secondary N) is 2. The first-order valence-electron chi connectivity index (χ1n) is 4.42. The van der Waals surface area contributed by atoms with Gasteiger partial charge in [0.15, 0.2) is 0 Å². The molecule has 1 heterocycles. The minimum atomic E-state index is 0. The highest BCUT2D eigenvalue weighted by atomic mass is 35.5. The molecule has 1 saturated heterocycles. The minimum Gasteiger partial charge on any atom is -0.315 e. The fourth-order valence-electron chi connectivity index (χ4n) is 1.58. The van der Waals surface area contributed by atoms with E-state index >= 15 is 0 Å². The van der Waals surface area contributed by atoms with Crippen molar-refractivity contribution in [2.45, 2.75) is 37.8 Å². The van der Waals surface area contributed by atoms with Gasteiger partial charge in [-0.05, 0) is 32.2 Å². The number of piperidine rings is 1. The normalized spacial score (nSPS) is 28.5. The van der Waals surface area contributed by atoms with E-state index in [4.69, 9.17) is 0 Å². The summed E-state index contributed by atoms with van der Waals surface area (Å²) >= 11 is 0. The molecule has 74 valence electrons. The Kier molecular flexibility index (Phi) is 6.28. The topological polar surface area (TPSA) is 24.1 Å². The quantitative estimate of drug-likeness (QED) is 0.723. The summed E-state index contributed by atoms with van der Waals surface area (Å²) in [4.78, 5) is 0. The highest BCUT2D eigenvalue weighted by molar-refractivity contribution is 5.85. The van der Waals surface area contributed by atoms with Crippen LogP contribution in [0, 0.1) is 0 Å². The van der Waals surface area contributed by atoms with Gasteiger partial charge in [0.2, 0.25) is 0 Å². The van der Waals surface area contributed by atoms with Gasteiger partial charge < -0.3 is 10.6 Å². The van der Waals surface area contributed by atoms with E-state index in [-0.39, 0.29) is 24.8 Å². The first-order chi connectivity index (χ1) is 4.95. The highest BCUT2D eigenvalue weighted by Crippen LogP contribution is 2.20. The summed E-state index contributed by atoms with van der Waals surface area (Å²) in [5, 5.41) is 7.04. The van der Waals surface area contributed by atoms with E-state index < -0.39 is 0 Å². The first kappa shape index (κ1) is 12.5. The van der Waals surface area contributed by atoms with Gasteiger partial charge in [-0.2, -0.15) is 0 Å². The Hall–Kier alpha value is 0.500. The molecule has 0 radical (unpaired) electrons. The second-order valence-electron chi connectivity index (χ2n) is 3.48. The van der Waals surface area contributed by atoms with E-state index in [9.17, 15) is 0 Å². The van der Waals surface area contributed by atoms with Gasteiger partial charge in [-0.3, -0.25) is 0 Å². The molecule has 0 amide bonds. The van der Waals surface area contributed by atoms with Gasteiger partial charge >= 0.3 is 0 Å². The van der Waals surface area contributed by atoms with Crippen LogP contribution >= 0.6 is 24.8 Å². The average molecular weight is 213 g/mol. The molecule has 0 bridgehead atoms. The minimum absolute atomic E-state index is 0. The van der Waals surface area contributed by atoms with Crippen LogP contribution in [0.3, 0.4) is 0 Å². The maximum Gasteiger partial charge on any atom is 0.0195 e. The van der Waals surface area contributed by atoms with Gasteiger partial charge in [0.05, 0.1) is 0 Å². The van der Waals surface area contributed by atoms with Gasteiger partial charge in [-0.1, -0.05) is 0 Å². The highest BCUT2D eigenvalue weighted by Gasteiger charge is 2.24. The molecule has 12 heavy (non-hydrogen) atoms. The van der Waals surface area contributed by atoms with E-state index in [1.165, 1.54) is 38.8 Å². The largest absolute Gasteiger partial charge is 0.315 e. The molecule has 1 atom stereocenters. The fraction of sp³-hybridized carbons (Fsp3) is 1.00. The summed E-state index contributed by atoms with van der Waals surface area (Å²) in [6, 6.07) is 1.66. The van der Waals surface area contributed by atoms with Gasteiger partial charge in [-0.15, -0.1) is 24.8 Å². The molecule has 0 aromatic carbocycles. The van der Waals surface area contributed by atoms with Crippen LogP contribution in [0.15, 0.2) is 0 Å². The zero-order chi connectivity index (χ0) is 6.81. The summed E-state index contributed by atoms with van der Waals surface area (Å²) in [7, 11) is 0. The Morgan fingerprint density at radius 1 is 1.00 bits per heavy atom. The number of hydrogen-bond acceptors (Lipinski definition) is 2. The molecular formula is C8H18Cl2N2. The van der Waals surface area contributed by atoms with E-state index in [1.54, 1.807) is 0 Å². The first-order valence-corrected chi connectivity index (χ1v) is 4.42. The maximum absolute atomic E-state index is 3.63. The van der Waals surface area contributed by atoms with E-state index in [0.29, 0.717) is 0 Å². The standard InChI is InChI=1S/C8H16N2.2ClH/c1-2-8(6-9-5-1)10-7-3-4-7;;/h7-10H,1-6H2;2*1H. The predicted molar refractivity (Wildman–Crippen MR) is 56.5 cm³/mol. The third-order valence-corrected chi connectivity index (χ3v) is 2.35. The van der Waals surface area contributed by atoms with Crippen molar-refractivity contribution < 1.29 is 0 Å². The molecule has 1 unspecified atom stereocenters. The number of halogens is 2. The number of hydrogen-bond donors (Lipinski definition) is 2. The van der Waals surface area contributed by atoms with E-state index in [2.05, 4.69) is 10.6 Å². The van der Waals surface area contributed by atoms with Crippen LogP contribution in [0.2, 0.25) is 0 Å². The van der Waals surface area contributed by atoms with Crippen molar-refractivity contribution in [2.75, 3.05) is 13.1 Å².